The molecule has 1 amide bonds. The fourth-order valence-electron chi connectivity index (χ4n) is 2.07. The molecule has 0 spiro atoms. The van der Waals surface area contributed by atoms with Crippen molar-refractivity contribution in [1.29, 1.82) is 0 Å². The summed E-state index contributed by atoms with van der Waals surface area (Å²) in [5, 5.41) is 4.22. The van der Waals surface area contributed by atoms with Gasteiger partial charge in [0.05, 0.1) is 5.69 Å². The van der Waals surface area contributed by atoms with Crippen molar-refractivity contribution in [1.82, 2.24) is 14.8 Å². The zero-order chi connectivity index (χ0) is 15.7. The van der Waals surface area contributed by atoms with Crippen molar-refractivity contribution in [2.75, 3.05) is 0 Å². The molecule has 1 aromatic heterocycles. The van der Waals surface area contributed by atoms with Crippen LogP contribution in [0.25, 0.3) is 17.1 Å². The summed E-state index contributed by atoms with van der Waals surface area (Å²) in [5.74, 6) is -0.0705. The summed E-state index contributed by atoms with van der Waals surface area (Å²) < 4.78 is 2.58. The smallest absolute Gasteiger partial charge is 0.288 e. The number of carbonyl (C=O) groups is 1. The standard InChI is InChI=1S/C16H13BrN4O/c1-10-2-4-11(5-3-10)16-19-15(14(18)22)20-21(16)13-8-6-12(17)7-9-13/h2-9H,1H3,(H2,18,22). The summed E-state index contributed by atoms with van der Waals surface area (Å²) in [4.78, 5) is 15.7. The van der Waals surface area contributed by atoms with Gasteiger partial charge in [-0.1, -0.05) is 45.8 Å². The van der Waals surface area contributed by atoms with Crippen molar-refractivity contribution in [3.63, 3.8) is 0 Å². The molecule has 0 saturated carbocycles. The number of nitrogens with zero attached hydrogens (tertiary/aromatic N) is 3. The Balaban J connectivity index is 2.17. The average molecular weight is 357 g/mol. The number of carbonyl (C=O) groups excluding carboxylic acids is 1. The van der Waals surface area contributed by atoms with E-state index in [1.165, 1.54) is 0 Å². The van der Waals surface area contributed by atoms with Gasteiger partial charge in [0.15, 0.2) is 5.82 Å². The van der Waals surface area contributed by atoms with Crippen molar-refractivity contribution < 1.29 is 4.79 Å². The lowest BCUT2D eigenvalue weighted by molar-refractivity contribution is 0.0990. The van der Waals surface area contributed by atoms with Gasteiger partial charge in [-0.3, -0.25) is 4.79 Å². The number of hydrogen-bond acceptors (Lipinski definition) is 3. The van der Waals surface area contributed by atoms with Crippen LogP contribution in [0.2, 0.25) is 0 Å². The van der Waals surface area contributed by atoms with E-state index in [0.29, 0.717) is 5.82 Å². The normalized spacial score (nSPS) is 10.6. The predicted octanol–water partition coefficient (Wildman–Crippen LogP) is 3.10. The molecule has 1 heterocycles. The molecule has 0 atom stereocenters. The van der Waals surface area contributed by atoms with Crippen LogP contribution in [-0.2, 0) is 0 Å². The quantitative estimate of drug-likeness (QED) is 0.783. The van der Waals surface area contributed by atoms with Gasteiger partial charge in [0.2, 0.25) is 5.82 Å². The minimum atomic E-state index is -0.649. The summed E-state index contributed by atoms with van der Waals surface area (Å²) in [5.41, 5.74) is 8.14. The number of amides is 1. The highest BCUT2D eigenvalue weighted by Gasteiger charge is 2.16. The minimum Gasteiger partial charge on any atom is -0.363 e. The van der Waals surface area contributed by atoms with Crippen LogP contribution in [0.1, 0.15) is 16.2 Å². The predicted molar refractivity (Wildman–Crippen MR) is 87.7 cm³/mol. The third kappa shape index (κ3) is 2.78. The van der Waals surface area contributed by atoms with Crippen LogP contribution in [0.5, 0.6) is 0 Å². The van der Waals surface area contributed by atoms with E-state index in [9.17, 15) is 4.79 Å². The average Bonchev–Trinajstić information content (AvgIpc) is 2.94. The van der Waals surface area contributed by atoms with Crippen molar-refractivity contribution in [2.45, 2.75) is 6.92 Å². The number of nitrogens with two attached hydrogens (primary N) is 1. The monoisotopic (exact) mass is 356 g/mol. The molecule has 22 heavy (non-hydrogen) atoms. The second-order valence-corrected chi connectivity index (χ2v) is 5.79. The maximum Gasteiger partial charge on any atom is 0.288 e. The lowest BCUT2D eigenvalue weighted by Gasteiger charge is -2.06. The minimum absolute atomic E-state index is 0.00139. The first kappa shape index (κ1) is 14.5. The number of aryl methyl sites for hydroxylation is 1. The molecule has 0 fully saturated rings. The van der Waals surface area contributed by atoms with E-state index >= 15 is 0 Å². The largest absolute Gasteiger partial charge is 0.363 e. The van der Waals surface area contributed by atoms with E-state index in [1.54, 1.807) is 4.68 Å². The maximum absolute atomic E-state index is 11.4. The van der Waals surface area contributed by atoms with Crippen molar-refractivity contribution in [3.05, 3.63) is 64.4 Å². The highest BCUT2D eigenvalue weighted by Crippen LogP contribution is 2.22. The molecule has 0 radical (unpaired) electrons. The zero-order valence-corrected chi connectivity index (χ0v) is 13.4. The molecule has 2 N–H and O–H groups in total. The molecule has 3 aromatic rings. The Morgan fingerprint density at radius 1 is 1.09 bits per heavy atom. The van der Waals surface area contributed by atoms with Gasteiger partial charge < -0.3 is 5.73 Å². The molecule has 0 aliphatic heterocycles. The number of halogens is 1. The van der Waals surface area contributed by atoms with Gasteiger partial charge in [0, 0.05) is 10.0 Å². The topological polar surface area (TPSA) is 73.8 Å². The first-order valence-electron chi connectivity index (χ1n) is 6.64. The first-order valence-corrected chi connectivity index (χ1v) is 7.44. The van der Waals surface area contributed by atoms with E-state index in [-0.39, 0.29) is 5.82 Å². The van der Waals surface area contributed by atoms with Crippen LogP contribution in [-0.4, -0.2) is 20.7 Å². The molecule has 3 rings (SSSR count). The van der Waals surface area contributed by atoms with Crippen molar-refractivity contribution >= 4 is 21.8 Å². The number of hydrogen-bond donors (Lipinski definition) is 1. The Morgan fingerprint density at radius 3 is 2.32 bits per heavy atom. The lowest BCUT2D eigenvalue weighted by atomic mass is 10.1. The van der Waals surface area contributed by atoms with E-state index < -0.39 is 5.91 Å². The van der Waals surface area contributed by atoms with E-state index in [2.05, 4.69) is 26.0 Å². The van der Waals surface area contributed by atoms with Gasteiger partial charge in [-0.2, -0.15) is 0 Å². The van der Waals surface area contributed by atoms with Gasteiger partial charge in [0.25, 0.3) is 5.91 Å². The van der Waals surface area contributed by atoms with Gasteiger partial charge in [-0.15, -0.1) is 5.10 Å². The van der Waals surface area contributed by atoms with Gasteiger partial charge in [-0.05, 0) is 31.2 Å². The molecular weight excluding hydrogens is 344 g/mol. The Kier molecular flexibility index (Phi) is 3.77. The molecule has 6 heteroatoms. The summed E-state index contributed by atoms with van der Waals surface area (Å²) in [6.07, 6.45) is 0. The van der Waals surface area contributed by atoms with E-state index in [1.807, 2.05) is 55.5 Å². The van der Waals surface area contributed by atoms with Gasteiger partial charge in [0.1, 0.15) is 0 Å². The fourth-order valence-corrected chi connectivity index (χ4v) is 2.33. The molecule has 5 nitrogen and oxygen atoms in total. The molecule has 0 saturated heterocycles. The molecule has 0 unspecified atom stereocenters. The molecule has 110 valence electrons. The second kappa shape index (κ2) is 5.73. The van der Waals surface area contributed by atoms with Crippen molar-refractivity contribution in [3.8, 4) is 17.1 Å². The second-order valence-electron chi connectivity index (χ2n) is 4.88. The van der Waals surface area contributed by atoms with Crippen LogP contribution >= 0.6 is 15.9 Å². The van der Waals surface area contributed by atoms with E-state index in [4.69, 9.17) is 5.73 Å². The number of benzene rings is 2. The molecule has 2 aromatic carbocycles. The van der Waals surface area contributed by atoms with Crippen LogP contribution in [0.4, 0.5) is 0 Å². The highest BCUT2D eigenvalue weighted by atomic mass is 79.9. The Bertz CT molecular complexity index is 759. The van der Waals surface area contributed by atoms with Crippen LogP contribution in [0, 0.1) is 6.92 Å². The summed E-state index contributed by atoms with van der Waals surface area (Å²) in [7, 11) is 0. The van der Waals surface area contributed by atoms with Gasteiger partial charge in [-0.25, -0.2) is 9.67 Å². The van der Waals surface area contributed by atoms with E-state index in [0.717, 1.165) is 21.3 Å². The third-order valence-corrected chi connectivity index (χ3v) is 3.74. The Morgan fingerprint density at radius 2 is 1.73 bits per heavy atom. The maximum atomic E-state index is 11.4. The summed E-state index contributed by atoms with van der Waals surface area (Å²) in [6, 6.07) is 15.4. The molecular formula is C16H13BrN4O. The number of aromatic nitrogens is 3. The third-order valence-electron chi connectivity index (χ3n) is 3.21. The molecule has 0 aliphatic carbocycles. The summed E-state index contributed by atoms with van der Waals surface area (Å²) in [6.45, 7) is 2.01. The lowest BCUT2D eigenvalue weighted by Crippen LogP contribution is -2.13. The molecule has 0 bridgehead atoms. The highest BCUT2D eigenvalue weighted by molar-refractivity contribution is 9.10. The van der Waals surface area contributed by atoms with Crippen LogP contribution in [0.3, 0.4) is 0 Å². The SMILES string of the molecule is Cc1ccc(-c2nc(C(N)=O)nn2-c2ccc(Br)cc2)cc1. The van der Waals surface area contributed by atoms with Crippen molar-refractivity contribution in [2.24, 2.45) is 5.73 Å². The fraction of sp³-hybridized carbons (Fsp3) is 0.0625. The summed E-state index contributed by atoms with van der Waals surface area (Å²) >= 11 is 3.40. The van der Waals surface area contributed by atoms with Crippen LogP contribution < -0.4 is 5.73 Å². The number of rotatable bonds is 3. The van der Waals surface area contributed by atoms with Gasteiger partial charge >= 0.3 is 0 Å². The Labute approximate surface area is 135 Å². The molecule has 0 aliphatic rings. The zero-order valence-electron chi connectivity index (χ0n) is 11.8. The van der Waals surface area contributed by atoms with Crippen LogP contribution in [0.15, 0.2) is 53.0 Å². The number of primary amides is 1. The Hall–Kier alpha value is -2.47. The first-order chi connectivity index (χ1) is 10.5.